The first kappa shape index (κ1) is 27.7. The van der Waals surface area contributed by atoms with Crippen LogP contribution in [0.15, 0.2) is 60.9 Å². The monoisotopic (exact) mass is 618 g/mol. The number of aromatic nitrogens is 4. The van der Waals surface area contributed by atoms with E-state index in [4.69, 9.17) is 39.5 Å². The maximum Gasteiger partial charge on any atom is 0.166 e. The lowest BCUT2D eigenvalue weighted by atomic mass is 10.0. The van der Waals surface area contributed by atoms with Gasteiger partial charge in [-0.25, -0.2) is 9.07 Å². The third-order valence-corrected chi connectivity index (χ3v) is 7.89. The van der Waals surface area contributed by atoms with Crippen molar-refractivity contribution >= 4 is 62.8 Å². The summed E-state index contributed by atoms with van der Waals surface area (Å²) in [6, 6.07) is 17.3. The van der Waals surface area contributed by atoms with Gasteiger partial charge >= 0.3 is 0 Å². The van der Waals surface area contributed by atoms with E-state index in [2.05, 4.69) is 38.1 Å². The molecule has 0 bridgehead atoms. The van der Waals surface area contributed by atoms with Gasteiger partial charge in [0, 0.05) is 17.3 Å². The second-order valence-electron chi connectivity index (χ2n) is 9.49. The summed E-state index contributed by atoms with van der Waals surface area (Å²) in [7, 11) is 0. The van der Waals surface area contributed by atoms with Crippen LogP contribution in [0.4, 0.5) is 21.5 Å². The van der Waals surface area contributed by atoms with Gasteiger partial charge < -0.3 is 15.4 Å². The van der Waals surface area contributed by atoms with Gasteiger partial charge in [0.15, 0.2) is 5.82 Å². The lowest BCUT2D eigenvalue weighted by Crippen LogP contribution is -2.31. The number of nitrogens with one attached hydrogen (secondary N) is 2. The van der Waals surface area contributed by atoms with Crippen LogP contribution in [0.3, 0.4) is 0 Å². The summed E-state index contributed by atoms with van der Waals surface area (Å²) >= 11 is 18.7. The normalized spacial score (nSPS) is 13.7. The molecule has 1 atom stereocenters. The fraction of sp³-hybridized carbons (Fsp3) is 0.138. The second kappa shape index (κ2) is 11.4. The zero-order valence-corrected chi connectivity index (χ0v) is 23.7. The first-order chi connectivity index (χ1) is 20.4. The minimum Gasteiger partial charge on any atom is -0.377 e. The molecule has 0 spiro atoms. The molecule has 3 aromatic carbocycles. The molecule has 42 heavy (non-hydrogen) atoms. The molecular weight excluding hydrogens is 602 g/mol. The van der Waals surface area contributed by atoms with E-state index in [9.17, 15) is 14.9 Å². The molecule has 3 heterocycles. The smallest absolute Gasteiger partial charge is 0.166 e. The summed E-state index contributed by atoms with van der Waals surface area (Å²) in [6.45, 7) is 1.10. The fourth-order valence-electron chi connectivity index (χ4n) is 4.58. The molecule has 0 radical (unpaired) electrons. The molecule has 1 fully saturated rings. The molecular formula is C29H18Cl3FN8O. The highest BCUT2D eigenvalue weighted by molar-refractivity contribution is 6.42. The van der Waals surface area contributed by atoms with E-state index in [0.717, 1.165) is 5.56 Å². The predicted molar refractivity (Wildman–Crippen MR) is 158 cm³/mol. The molecule has 13 heteroatoms. The summed E-state index contributed by atoms with van der Waals surface area (Å²) in [5, 5.41) is 35.0. The Kier molecular flexibility index (Phi) is 7.55. The van der Waals surface area contributed by atoms with E-state index < -0.39 is 11.9 Å². The number of nitriles is 2. The van der Waals surface area contributed by atoms with Crippen molar-refractivity contribution in [3.63, 3.8) is 0 Å². The number of rotatable bonds is 7. The highest BCUT2D eigenvalue weighted by Gasteiger charge is 2.25. The molecule has 0 aliphatic carbocycles. The number of hydrogen-bond donors (Lipinski definition) is 2. The van der Waals surface area contributed by atoms with Crippen LogP contribution in [0.2, 0.25) is 15.1 Å². The minimum atomic E-state index is -0.768. The molecule has 1 saturated heterocycles. The molecule has 1 unspecified atom stereocenters. The summed E-state index contributed by atoms with van der Waals surface area (Å²) in [4.78, 5) is 4.37. The van der Waals surface area contributed by atoms with E-state index in [-0.39, 0.29) is 38.0 Å². The van der Waals surface area contributed by atoms with Crippen LogP contribution in [-0.4, -0.2) is 33.2 Å². The van der Waals surface area contributed by atoms with Crippen molar-refractivity contribution in [2.75, 3.05) is 23.8 Å². The Balaban J connectivity index is 1.45. The van der Waals surface area contributed by atoms with Crippen molar-refractivity contribution < 1.29 is 9.13 Å². The lowest BCUT2D eigenvalue weighted by molar-refractivity contribution is -0.0293. The first-order valence-electron chi connectivity index (χ1n) is 12.5. The van der Waals surface area contributed by atoms with Crippen molar-refractivity contribution in [2.24, 2.45) is 0 Å². The van der Waals surface area contributed by atoms with Crippen molar-refractivity contribution in [2.45, 2.75) is 12.1 Å². The molecule has 2 N–H and O–H groups in total. The minimum absolute atomic E-state index is 0.0191. The van der Waals surface area contributed by atoms with Gasteiger partial charge in [0.1, 0.15) is 17.8 Å². The average Bonchev–Trinajstić information content (AvgIpc) is 3.44. The third kappa shape index (κ3) is 5.18. The maximum atomic E-state index is 15.0. The van der Waals surface area contributed by atoms with E-state index in [1.54, 1.807) is 35.0 Å². The van der Waals surface area contributed by atoms with E-state index >= 15 is 0 Å². The van der Waals surface area contributed by atoms with E-state index in [1.165, 1.54) is 18.3 Å². The maximum absolute atomic E-state index is 15.0. The van der Waals surface area contributed by atoms with Crippen LogP contribution in [0.5, 0.6) is 0 Å². The Morgan fingerprint density at radius 1 is 1.05 bits per heavy atom. The van der Waals surface area contributed by atoms with Crippen LogP contribution < -0.4 is 10.6 Å². The van der Waals surface area contributed by atoms with Crippen LogP contribution in [0.1, 0.15) is 34.5 Å². The van der Waals surface area contributed by atoms with Crippen molar-refractivity contribution in [1.29, 1.82) is 10.5 Å². The van der Waals surface area contributed by atoms with Gasteiger partial charge in [-0.1, -0.05) is 52.1 Å². The molecule has 5 aromatic rings. The summed E-state index contributed by atoms with van der Waals surface area (Å²) < 4.78 is 22.0. The Hall–Kier alpha value is -4.45. The predicted octanol–water partition coefficient (Wildman–Crippen LogP) is 7.19. The van der Waals surface area contributed by atoms with E-state index in [0.29, 0.717) is 41.1 Å². The molecule has 1 aliphatic rings. The first-order valence-corrected chi connectivity index (χ1v) is 13.7. The van der Waals surface area contributed by atoms with Gasteiger partial charge in [-0.15, -0.1) is 5.10 Å². The number of nitrogens with zero attached hydrogens (tertiary/aromatic N) is 6. The quantitative estimate of drug-likeness (QED) is 0.184. The molecule has 6 rings (SSSR count). The largest absolute Gasteiger partial charge is 0.377 e. The molecule has 2 aromatic heterocycles. The Morgan fingerprint density at radius 2 is 1.88 bits per heavy atom. The Labute approximate surface area is 254 Å². The van der Waals surface area contributed by atoms with Gasteiger partial charge in [-0.2, -0.15) is 10.5 Å². The topological polar surface area (TPSA) is 124 Å². The Morgan fingerprint density at radius 3 is 2.62 bits per heavy atom. The van der Waals surface area contributed by atoms with Gasteiger partial charge in [0.05, 0.1) is 74.6 Å². The van der Waals surface area contributed by atoms with Gasteiger partial charge in [0.2, 0.25) is 0 Å². The van der Waals surface area contributed by atoms with Crippen LogP contribution in [0, 0.1) is 28.5 Å². The second-order valence-corrected chi connectivity index (χ2v) is 10.7. The van der Waals surface area contributed by atoms with Gasteiger partial charge in [0.25, 0.3) is 0 Å². The third-order valence-electron chi connectivity index (χ3n) is 6.82. The van der Waals surface area contributed by atoms with Crippen molar-refractivity contribution in [3.05, 3.63) is 104 Å². The average molecular weight is 620 g/mol. The number of ether oxygens (including phenoxy) is 1. The van der Waals surface area contributed by atoms with Gasteiger partial charge in [-0.05, 0) is 42.0 Å². The number of benzene rings is 3. The SMILES string of the molecule is N#Cc1cccc(C(Nc2cc(Cl)c3ncc(C#N)c(Nc4ccc(Cl)c(Cl)c4F)c3c2)c2cn(C3COC3)nn2)c1. The number of fused-ring (bicyclic) bond motifs is 1. The summed E-state index contributed by atoms with van der Waals surface area (Å²) in [5.74, 6) is -0.768. The van der Waals surface area contributed by atoms with Crippen molar-refractivity contribution in [3.8, 4) is 12.1 Å². The molecule has 208 valence electrons. The molecule has 0 saturated carbocycles. The summed E-state index contributed by atoms with van der Waals surface area (Å²) in [5.41, 5.74) is 3.25. The van der Waals surface area contributed by atoms with Gasteiger partial charge in [-0.3, -0.25) is 4.98 Å². The van der Waals surface area contributed by atoms with E-state index in [1.807, 2.05) is 12.3 Å². The highest BCUT2D eigenvalue weighted by atomic mass is 35.5. The zero-order chi connectivity index (χ0) is 29.4. The van der Waals surface area contributed by atoms with Crippen molar-refractivity contribution in [1.82, 2.24) is 20.0 Å². The number of hydrogen-bond acceptors (Lipinski definition) is 8. The zero-order valence-electron chi connectivity index (χ0n) is 21.4. The lowest BCUT2D eigenvalue weighted by Gasteiger charge is -2.25. The number of halogens is 4. The number of pyridine rings is 1. The highest BCUT2D eigenvalue weighted by Crippen LogP contribution is 2.38. The molecule has 0 amide bonds. The van der Waals surface area contributed by atoms with Crippen LogP contribution in [0.25, 0.3) is 10.9 Å². The van der Waals surface area contributed by atoms with Crippen LogP contribution >= 0.6 is 34.8 Å². The summed E-state index contributed by atoms with van der Waals surface area (Å²) in [6.07, 6.45) is 3.19. The Bertz CT molecular complexity index is 1930. The fourth-order valence-corrected chi connectivity index (χ4v) is 5.16. The number of anilines is 3. The van der Waals surface area contributed by atoms with Crippen LogP contribution in [-0.2, 0) is 4.74 Å². The molecule has 9 nitrogen and oxygen atoms in total. The standard InChI is InChI=1S/C29H18Cl3FN8O/c30-21-4-5-23(26(33)25(21)32)38-27-17(10-35)11-36-29-20(27)7-18(8-22(29)31)37-28(16-3-1-2-15(6-16)9-34)24-12-41(40-39-24)19-13-42-14-19/h1-8,11-12,19,28,37H,13-14H2,(H,36,38). The molecule has 1 aliphatic heterocycles.